The van der Waals surface area contributed by atoms with Crippen LogP contribution in [0.1, 0.15) is 33.6 Å². The van der Waals surface area contributed by atoms with E-state index < -0.39 is 32.8 Å². The first-order valence-electron chi connectivity index (χ1n) is 8.58. The maximum Gasteiger partial charge on any atom is 0.269 e. The average molecular weight is 418 g/mol. The van der Waals surface area contributed by atoms with Crippen LogP contribution in [0, 0.1) is 0 Å². The van der Waals surface area contributed by atoms with Gasteiger partial charge in [-0.1, -0.05) is 5.75 Å². The van der Waals surface area contributed by atoms with Crippen LogP contribution in [-0.2, 0) is 22.9 Å². The summed E-state index contributed by atoms with van der Waals surface area (Å²) in [5.41, 5.74) is 5.11. The van der Waals surface area contributed by atoms with Gasteiger partial charge in [-0.2, -0.15) is 0 Å². The van der Waals surface area contributed by atoms with Crippen molar-refractivity contribution < 1.29 is 18.3 Å². The summed E-state index contributed by atoms with van der Waals surface area (Å²) in [5, 5.41) is 13.2. The van der Waals surface area contributed by atoms with Crippen LogP contribution < -0.4 is 21.1 Å². The molecule has 2 aromatic heterocycles. The highest BCUT2D eigenvalue weighted by Gasteiger charge is 2.24. The Labute approximate surface area is 164 Å². The number of rotatable bonds is 3. The van der Waals surface area contributed by atoms with Gasteiger partial charge in [-0.05, 0) is 55.5 Å². The minimum Gasteiger partial charge on any atom is -0.871 e. The number of aromatic amines is 1. The van der Waals surface area contributed by atoms with E-state index in [0.717, 1.165) is 29.7 Å². The first kappa shape index (κ1) is 18.5. The van der Waals surface area contributed by atoms with Gasteiger partial charge in [0.2, 0.25) is 0 Å². The molecule has 10 heteroatoms. The molecule has 0 spiro atoms. The fourth-order valence-electron chi connectivity index (χ4n) is 3.37. The van der Waals surface area contributed by atoms with Crippen molar-refractivity contribution in [3.05, 3.63) is 50.6 Å². The fourth-order valence-corrected chi connectivity index (χ4v) is 5.61. The number of thiophene rings is 1. The number of aryl methyl sites for hydroxylation is 2. The first-order valence-corrected chi connectivity index (χ1v) is 10.9. The minimum atomic E-state index is -4.26. The van der Waals surface area contributed by atoms with Crippen LogP contribution in [0.5, 0.6) is 5.75 Å². The molecule has 1 amide bonds. The number of carbonyl (C=O) groups is 1. The predicted molar refractivity (Wildman–Crippen MR) is 104 cm³/mol. The van der Waals surface area contributed by atoms with Crippen LogP contribution in [0.15, 0.2) is 34.0 Å². The SMILES string of the molecule is Nc1ccc(S(=O)(=O)NC(=O)c2c([O-])c3c4c(sc3[nH]c2=O)CCCC4)cc1. The van der Waals surface area contributed by atoms with Crippen molar-refractivity contribution in [1.82, 2.24) is 9.71 Å². The summed E-state index contributed by atoms with van der Waals surface area (Å²) >= 11 is 1.34. The number of pyridine rings is 1. The smallest absolute Gasteiger partial charge is 0.269 e. The number of amides is 1. The number of hydrogen-bond acceptors (Lipinski definition) is 7. The van der Waals surface area contributed by atoms with E-state index in [2.05, 4.69) is 4.98 Å². The van der Waals surface area contributed by atoms with Crippen molar-refractivity contribution in [2.24, 2.45) is 0 Å². The van der Waals surface area contributed by atoms with E-state index >= 15 is 0 Å². The first-order chi connectivity index (χ1) is 13.3. The Morgan fingerprint density at radius 2 is 1.86 bits per heavy atom. The van der Waals surface area contributed by atoms with Crippen molar-refractivity contribution in [2.45, 2.75) is 30.6 Å². The Morgan fingerprint density at radius 3 is 2.57 bits per heavy atom. The number of nitrogens with two attached hydrogens (primary N) is 1. The van der Waals surface area contributed by atoms with Crippen LogP contribution in [0.25, 0.3) is 10.2 Å². The zero-order valence-electron chi connectivity index (χ0n) is 14.6. The lowest BCUT2D eigenvalue weighted by molar-refractivity contribution is -0.266. The Balaban J connectivity index is 1.77. The maximum absolute atomic E-state index is 12.9. The second-order valence-corrected chi connectivity index (χ2v) is 9.36. The highest BCUT2D eigenvalue weighted by atomic mass is 32.2. The number of nitrogen functional groups attached to an aromatic ring is 1. The molecule has 3 aromatic rings. The van der Waals surface area contributed by atoms with Crippen LogP contribution >= 0.6 is 11.3 Å². The Morgan fingerprint density at radius 1 is 1.18 bits per heavy atom. The van der Waals surface area contributed by atoms with E-state index in [0.29, 0.717) is 22.3 Å². The van der Waals surface area contributed by atoms with Gasteiger partial charge in [0, 0.05) is 16.0 Å². The van der Waals surface area contributed by atoms with E-state index in [1.165, 1.54) is 35.6 Å². The number of nitrogens with one attached hydrogen (secondary N) is 2. The molecule has 4 rings (SSSR count). The summed E-state index contributed by atoms with van der Waals surface area (Å²) < 4.78 is 26.6. The van der Waals surface area contributed by atoms with Gasteiger partial charge >= 0.3 is 0 Å². The van der Waals surface area contributed by atoms with Crippen molar-refractivity contribution in [1.29, 1.82) is 0 Å². The number of sulfonamides is 1. The molecule has 0 bridgehead atoms. The molecule has 1 aliphatic rings. The lowest BCUT2D eigenvalue weighted by Gasteiger charge is -2.17. The van der Waals surface area contributed by atoms with E-state index in [1.807, 2.05) is 0 Å². The van der Waals surface area contributed by atoms with Gasteiger partial charge in [-0.25, -0.2) is 13.1 Å². The Bertz CT molecular complexity index is 1260. The molecule has 0 radical (unpaired) electrons. The molecule has 1 aliphatic carbocycles. The molecule has 0 atom stereocenters. The molecule has 0 unspecified atom stereocenters. The van der Waals surface area contributed by atoms with Crippen molar-refractivity contribution in [2.75, 3.05) is 5.73 Å². The molecule has 4 N–H and O–H groups in total. The van der Waals surface area contributed by atoms with Gasteiger partial charge < -0.3 is 15.8 Å². The molecule has 8 nitrogen and oxygen atoms in total. The summed E-state index contributed by atoms with van der Waals surface area (Å²) in [4.78, 5) is 28.7. The Kier molecular flexibility index (Phi) is 4.39. The number of benzene rings is 1. The molecule has 0 aliphatic heterocycles. The lowest BCUT2D eigenvalue weighted by Crippen LogP contribution is -2.35. The summed E-state index contributed by atoms with van der Waals surface area (Å²) in [5.74, 6) is -1.98. The van der Waals surface area contributed by atoms with Crippen molar-refractivity contribution in [3.8, 4) is 5.75 Å². The van der Waals surface area contributed by atoms with Crippen molar-refractivity contribution >= 4 is 43.2 Å². The standard InChI is InChI=1S/C18H17N3O5S2/c19-9-5-7-10(8-6-9)28(25,26)21-17(24)14-15(22)13-11-3-1-2-4-12(11)27-18(13)20-16(14)23/h5-8H,1-4,19H2,(H,21,24)(H2,20,22,23)/p-1. The highest BCUT2D eigenvalue weighted by Crippen LogP contribution is 2.39. The monoisotopic (exact) mass is 418 g/mol. The largest absolute Gasteiger partial charge is 0.871 e. The van der Waals surface area contributed by atoms with E-state index in [1.54, 1.807) is 4.72 Å². The zero-order valence-corrected chi connectivity index (χ0v) is 16.2. The number of H-pyrrole nitrogens is 1. The van der Waals surface area contributed by atoms with Crippen LogP contribution in [0.3, 0.4) is 0 Å². The third-order valence-electron chi connectivity index (χ3n) is 4.72. The van der Waals surface area contributed by atoms with E-state index in [9.17, 15) is 23.1 Å². The normalized spacial score (nSPS) is 14.0. The molecule has 0 saturated carbocycles. The summed E-state index contributed by atoms with van der Waals surface area (Å²) in [6.45, 7) is 0. The van der Waals surface area contributed by atoms with Crippen LogP contribution in [0.2, 0.25) is 0 Å². The second-order valence-electron chi connectivity index (χ2n) is 6.58. The molecular formula is C18H16N3O5S2-. The topological polar surface area (TPSA) is 145 Å². The molecular weight excluding hydrogens is 402 g/mol. The molecule has 2 heterocycles. The van der Waals surface area contributed by atoms with Crippen LogP contribution in [0.4, 0.5) is 5.69 Å². The minimum absolute atomic E-state index is 0.201. The number of fused-ring (bicyclic) bond motifs is 3. The van der Waals surface area contributed by atoms with Gasteiger partial charge in [0.1, 0.15) is 4.83 Å². The summed E-state index contributed by atoms with van der Waals surface area (Å²) in [6, 6.07) is 5.20. The van der Waals surface area contributed by atoms with Gasteiger partial charge in [-0.15, -0.1) is 11.3 Å². The number of hydrogen-bond donors (Lipinski definition) is 3. The molecule has 146 valence electrons. The van der Waals surface area contributed by atoms with E-state index in [-0.39, 0.29) is 4.90 Å². The van der Waals surface area contributed by atoms with Crippen molar-refractivity contribution in [3.63, 3.8) is 0 Å². The number of aromatic nitrogens is 1. The van der Waals surface area contributed by atoms with Gasteiger partial charge in [0.15, 0.2) is 0 Å². The quantitative estimate of drug-likeness (QED) is 0.546. The zero-order chi connectivity index (χ0) is 20.1. The molecule has 0 fully saturated rings. The molecule has 28 heavy (non-hydrogen) atoms. The second kappa shape index (κ2) is 6.64. The van der Waals surface area contributed by atoms with Gasteiger partial charge in [0.05, 0.1) is 10.5 Å². The van der Waals surface area contributed by atoms with Gasteiger partial charge in [-0.3, -0.25) is 9.59 Å². The Hall–Kier alpha value is -2.85. The molecule has 0 saturated heterocycles. The average Bonchev–Trinajstić information content (AvgIpc) is 2.99. The van der Waals surface area contributed by atoms with Crippen LogP contribution in [-0.4, -0.2) is 19.3 Å². The predicted octanol–water partition coefficient (Wildman–Crippen LogP) is 1.24. The lowest BCUT2D eigenvalue weighted by atomic mass is 9.96. The van der Waals surface area contributed by atoms with Gasteiger partial charge in [0.25, 0.3) is 21.5 Å². The fraction of sp³-hybridized carbons (Fsp3) is 0.222. The third-order valence-corrected chi connectivity index (χ3v) is 7.28. The highest BCUT2D eigenvalue weighted by molar-refractivity contribution is 7.90. The molecule has 1 aromatic carbocycles. The third kappa shape index (κ3) is 3.04. The number of carbonyl (C=O) groups excluding carboxylic acids is 1. The van der Waals surface area contributed by atoms with E-state index in [4.69, 9.17) is 5.73 Å². The number of anilines is 1. The summed E-state index contributed by atoms with van der Waals surface area (Å²) in [6.07, 6.45) is 3.44. The maximum atomic E-state index is 12.9. The summed E-state index contributed by atoms with van der Waals surface area (Å²) in [7, 11) is -4.26.